The van der Waals surface area contributed by atoms with Crippen molar-refractivity contribution < 1.29 is 4.79 Å². The van der Waals surface area contributed by atoms with Crippen molar-refractivity contribution in [1.29, 1.82) is 0 Å². The molecule has 6 nitrogen and oxygen atoms in total. The van der Waals surface area contributed by atoms with Crippen molar-refractivity contribution in [1.82, 2.24) is 24.2 Å². The van der Waals surface area contributed by atoms with Gasteiger partial charge in [0.05, 0.1) is 5.69 Å². The van der Waals surface area contributed by atoms with E-state index in [9.17, 15) is 4.79 Å². The summed E-state index contributed by atoms with van der Waals surface area (Å²) in [5.74, 6) is 0.729. The Bertz CT molecular complexity index is 998. The van der Waals surface area contributed by atoms with Gasteiger partial charge in [0.25, 0.3) is 5.91 Å². The Morgan fingerprint density at radius 2 is 1.71 bits per heavy atom. The maximum atomic E-state index is 13.5. The van der Waals surface area contributed by atoms with Crippen molar-refractivity contribution in [2.24, 2.45) is 0 Å². The van der Waals surface area contributed by atoms with Crippen LogP contribution < -0.4 is 0 Å². The maximum Gasteiger partial charge on any atom is 0.274 e. The Balaban J connectivity index is 1.31. The van der Waals surface area contributed by atoms with Gasteiger partial charge in [0.1, 0.15) is 0 Å². The maximum absolute atomic E-state index is 13.5. The second-order valence-electron chi connectivity index (χ2n) is 8.85. The number of fused-ring (bicyclic) bond motifs is 1. The molecule has 2 aliphatic rings. The molecule has 0 bridgehead atoms. The molecule has 31 heavy (non-hydrogen) atoms. The highest BCUT2D eigenvalue weighted by Gasteiger charge is 2.27. The number of carbonyl (C=O) groups is 1. The highest BCUT2D eigenvalue weighted by atomic mass is 32.1. The molecule has 5 heterocycles. The van der Waals surface area contributed by atoms with Gasteiger partial charge in [-0.2, -0.15) is 0 Å². The molecule has 3 aromatic heterocycles. The van der Waals surface area contributed by atoms with Crippen LogP contribution in [0, 0.1) is 0 Å². The normalized spacial score (nSPS) is 19.4. The predicted molar refractivity (Wildman–Crippen MR) is 124 cm³/mol. The smallest absolute Gasteiger partial charge is 0.274 e. The zero-order valence-corrected chi connectivity index (χ0v) is 18.9. The minimum Gasteiger partial charge on any atom is -0.337 e. The third-order valence-electron chi connectivity index (χ3n) is 6.85. The van der Waals surface area contributed by atoms with Crippen molar-refractivity contribution in [2.75, 3.05) is 26.2 Å². The number of piperidine rings is 1. The van der Waals surface area contributed by atoms with Crippen LogP contribution in [0.5, 0.6) is 0 Å². The quantitative estimate of drug-likeness (QED) is 0.600. The molecule has 3 aromatic rings. The number of aromatic nitrogens is 3. The second-order valence-corrected chi connectivity index (χ2v) is 9.73. The summed E-state index contributed by atoms with van der Waals surface area (Å²) in [7, 11) is 0. The van der Waals surface area contributed by atoms with E-state index in [4.69, 9.17) is 4.98 Å². The van der Waals surface area contributed by atoms with Crippen molar-refractivity contribution in [2.45, 2.75) is 57.4 Å². The van der Waals surface area contributed by atoms with E-state index in [1.54, 1.807) is 11.3 Å². The minimum atomic E-state index is 0.125. The number of nitrogens with zero attached hydrogens (tertiary/aromatic N) is 5. The fourth-order valence-corrected chi connectivity index (χ4v) is 5.76. The van der Waals surface area contributed by atoms with Gasteiger partial charge in [-0.15, -0.1) is 11.3 Å². The third kappa shape index (κ3) is 4.53. The molecule has 1 amide bonds. The Morgan fingerprint density at radius 1 is 1.00 bits per heavy atom. The molecule has 0 spiro atoms. The number of hydrogen-bond acceptors (Lipinski definition) is 5. The van der Waals surface area contributed by atoms with Gasteiger partial charge in [-0.05, 0) is 62.4 Å². The van der Waals surface area contributed by atoms with Crippen LogP contribution in [0.1, 0.15) is 72.6 Å². The van der Waals surface area contributed by atoms with Crippen LogP contribution in [0.25, 0.3) is 4.96 Å². The van der Waals surface area contributed by atoms with E-state index in [-0.39, 0.29) is 5.91 Å². The number of rotatable bonds is 4. The summed E-state index contributed by atoms with van der Waals surface area (Å²) in [4.78, 5) is 27.9. The number of thiazole rings is 1. The van der Waals surface area contributed by atoms with Crippen LogP contribution in [-0.4, -0.2) is 56.3 Å². The van der Waals surface area contributed by atoms with Crippen molar-refractivity contribution in [3.8, 4) is 0 Å². The molecule has 2 fully saturated rings. The first-order valence-electron chi connectivity index (χ1n) is 11.7. The zero-order valence-electron chi connectivity index (χ0n) is 18.1. The van der Waals surface area contributed by atoms with Gasteiger partial charge in [0.15, 0.2) is 10.7 Å². The third-order valence-corrected chi connectivity index (χ3v) is 7.60. The highest BCUT2D eigenvalue weighted by molar-refractivity contribution is 7.15. The van der Waals surface area contributed by atoms with Crippen LogP contribution in [0.2, 0.25) is 0 Å². The molecule has 0 saturated carbocycles. The van der Waals surface area contributed by atoms with Gasteiger partial charge in [0, 0.05) is 43.6 Å². The summed E-state index contributed by atoms with van der Waals surface area (Å²) in [6, 6.07) is 4.29. The van der Waals surface area contributed by atoms with E-state index in [1.165, 1.54) is 24.8 Å². The van der Waals surface area contributed by atoms with Gasteiger partial charge in [-0.3, -0.25) is 19.1 Å². The molecule has 5 rings (SSSR count). The Hall–Kier alpha value is -2.25. The van der Waals surface area contributed by atoms with Gasteiger partial charge in [0.2, 0.25) is 0 Å². The Kier molecular flexibility index (Phi) is 6.32. The molecule has 0 unspecified atom stereocenters. The van der Waals surface area contributed by atoms with E-state index in [0.717, 1.165) is 69.1 Å². The lowest BCUT2D eigenvalue weighted by molar-refractivity contribution is 0.0734. The van der Waals surface area contributed by atoms with E-state index in [2.05, 4.69) is 38.0 Å². The largest absolute Gasteiger partial charge is 0.337 e. The zero-order chi connectivity index (χ0) is 21.0. The summed E-state index contributed by atoms with van der Waals surface area (Å²) in [5.41, 5.74) is 3.13. The van der Waals surface area contributed by atoms with Crippen molar-refractivity contribution in [3.63, 3.8) is 0 Å². The molecular formula is C24H31N5OS. The molecule has 7 heteroatoms. The number of hydrogen-bond donors (Lipinski definition) is 0. The van der Waals surface area contributed by atoms with E-state index >= 15 is 0 Å². The Morgan fingerprint density at radius 3 is 2.45 bits per heavy atom. The van der Waals surface area contributed by atoms with Crippen LogP contribution >= 0.6 is 11.3 Å². The molecule has 0 aromatic carbocycles. The lowest BCUT2D eigenvalue weighted by atomic mass is 9.90. The van der Waals surface area contributed by atoms with E-state index in [0.29, 0.717) is 11.6 Å². The van der Waals surface area contributed by atoms with E-state index in [1.807, 2.05) is 17.3 Å². The molecule has 2 aliphatic heterocycles. The average molecular weight is 438 g/mol. The summed E-state index contributed by atoms with van der Waals surface area (Å²) in [6.45, 7) is 4.60. The molecule has 0 atom stereocenters. The average Bonchev–Trinajstić information content (AvgIpc) is 3.37. The molecule has 0 radical (unpaired) electrons. The van der Waals surface area contributed by atoms with Crippen LogP contribution in [0.3, 0.4) is 0 Å². The first kappa shape index (κ1) is 20.6. The van der Waals surface area contributed by atoms with Crippen LogP contribution in [0.15, 0.2) is 36.1 Å². The van der Waals surface area contributed by atoms with E-state index < -0.39 is 0 Å². The predicted octanol–water partition coefficient (Wildman–Crippen LogP) is 4.58. The summed E-state index contributed by atoms with van der Waals surface area (Å²) in [5, 5.41) is 2.06. The molecule has 2 saturated heterocycles. The monoisotopic (exact) mass is 437 g/mol. The number of amides is 1. The second kappa shape index (κ2) is 9.49. The first-order chi connectivity index (χ1) is 15.3. The highest BCUT2D eigenvalue weighted by Crippen LogP contribution is 2.29. The first-order valence-corrected chi connectivity index (χ1v) is 12.5. The minimum absolute atomic E-state index is 0.125. The van der Waals surface area contributed by atoms with Gasteiger partial charge >= 0.3 is 0 Å². The van der Waals surface area contributed by atoms with Gasteiger partial charge in [-0.1, -0.05) is 19.3 Å². The van der Waals surface area contributed by atoms with Crippen molar-refractivity contribution >= 4 is 22.2 Å². The van der Waals surface area contributed by atoms with Gasteiger partial charge < -0.3 is 4.90 Å². The number of pyridine rings is 1. The number of carbonyl (C=O) groups excluding carboxylic acids is 1. The molecule has 0 N–H and O–H groups in total. The van der Waals surface area contributed by atoms with Crippen LogP contribution in [-0.2, 0) is 6.54 Å². The molecule has 164 valence electrons. The number of likely N-dealkylation sites (tertiary alicyclic amines) is 2. The SMILES string of the molecule is O=C(c1nc2sccn2c1CN1CCC(c2ccncc2)CC1)N1CCCCCCC1. The van der Waals surface area contributed by atoms with Crippen molar-refractivity contribution in [3.05, 3.63) is 53.1 Å². The fraction of sp³-hybridized carbons (Fsp3) is 0.542. The summed E-state index contributed by atoms with van der Waals surface area (Å²) < 4.78 is 2.14. The fourth-order valence-electron chi connectivity index (χ4n) is 5.03. The lowest BCUT2D eigenvalue weighted by Gasteiger charge is -2.32. The Labute approximate surface area is 187 Å². The topological polar surface area (TPSA) is 53.7 Å². The lowest BCUT2D eigenvalue weighted by Crippen LogP contribution is -2.36. The van der Waals surface area contributed by atoms with Gasteiger partial charge in [-0.25, -0.2) is 4.98 Å². The molecular weight excluding hydrogens is 406 g/mol. The number of imidazole rings is 1. The standard InChI is InChI=1S/C24H31N5OS/c30-23(28-12-4-2-1-3-5-13-28)22-21(29-16-17-31-24(29)26-22)18-27-14-8-20(9-15-27)19-6-10-25-11-7-19/h6-7,10-11,16-17,20H,1-5,8-9,12-15,18H2. The molecule has 0 aliphatic carbocycles. The van der Waals surface area contributed by atoms with Crippen LogP contribution in [0.4, 0.5) is 0 Å². The summed E-state index contributed by atoms with van der Waals surface area (Å²) >= 11 is 1.61. The summed E-state index contributed by atoms with van der Waals surface area (Å²) in [6.07, 6.45) is 14.1.